The molecule has 0 radical (unpaired) electrons. The molecule has 1 amide bonds. The van der Waals surface area contributed by atoms with Gasteiger partial charge in [0.25, 0.3) is 0 Å². The molecule has 3 heteroatoms. The highest BCUT2D eigenvalue weighted by Gasteiger charge is 2.30. The number of likely N-dealkylation sites (tertiary alicyclic amines) is 1. The zero-order valence-electron chi connectivity index (χ0n) is 13.3. The molecule has 1 aliphatic carbocycles. The normalized spacial score (nSPS) is 27.6. The number of hydrogen-bond acceptors (Lipinski definition) is 2. The number of hydrogen-bond donors (Lipinski definition) is 0. The summed E-state index contributed by atoms with van der Waals surface area (Å²) in [5, 5.41) is 0. The van der Waals surface area contributed by atoms with Crippen LogP contribution in [0.25, 0.3) is 0 Å². The van der Waals surface area contributed by atoms with Gasteiger partial charge < -0.3 is 9.64 Å². The number of rotatable bonds is 4. The molecule has 2 fully saturated rings. The third-order valence-corrected chi connectivity index (χ3v) is 5.26. The number of ether oxygens (including phenoxy) is 1. The number of carbonyl (C=O) groups is 1. The smallest absolute Gasteiger partial charge is 0.410 e. The van der Waals surface area contributed by atoms with E-state index >= 15 is 0 Å². The van der Waals surface area contributed by atoms with Crippen LogP contribution in [0, 0.1) is 11.8 Å². The van der Waals surface area contributed by atoms with Crippen LogP contribution in [0.3, 0.4) is 0 Å². The summed E-state index contributed by atoms with van der Waals surface area (Å²) in [4.78, 5) is 14.1. The van der Waals surface area contributed by atoms with Crippen molar-refractivity contribution in [3.05, 3.63) is 0 Å². The molecule has 116 valence electrons. The first-order valence-electron chi connectivity index (χ1n) is 8.70. The Labute approximate surface area is 124 Å². The second-order valence-corrected chi connectivity index (χ2v) is 6.56. The molecule has 3 nitrogen and oxygen atoms in total. The molecule has 1 heterocycles. The van der Waals surface area contributed by atoms with E-state index in [4.69, 9.17) is 4.74 Å². The van der Waals surface area contributed by atoms with Crippen LogP contribution in [0.1, 0.15) is 71.6 Å². The van der Waals surface area contributed by atoms with E-state index in [1.165, 1.54) is 32.1 Å². The molecule has 2 unspecified atom stereocenters. The number of amides is 1. The first-order valence-corrected chi connectivity index (χ1v) is 8.70. The van der Waals surface area contributed by atoms with Crippen molar-refractivity contribution in [3.8, 4) is 0 Å². The molecule has 2 atom stereocenters. The first kappa shape index (κ1) is 15.7. The average Bonchev–Trinajstić information content (AvgIpc) is 2.50. The second-order valence-electron chi connectivity index (χ2n) is 6.56. The summed E-state index contributed by atoms with van der Waals surface area (Å²) in [6, 6.07) is 0. The predicted molar refractivity (Wildman–Crippen MR) is 81.7 cm³/mol. The SMILES string of the molecule is CCC(CC)C1CCCC(OC(=O)N2CCCCC2)C1. The van der Waals surface area contributed by atoms with Crippen molar-refractivity contribution >= 4 is 6.09 Å². The molecule has 0 bridgehead atoms. The molecule has 0 aromatic carbocycles. The van der Waals surface area contributed by atoms with E-state index in [0.717, 1.165) is 50.6 Å². The van der Waals surface area contributed by atoms with Crippen LogP contribution in [-0.4, -0.2) is 30.2 Å². The van der Waals surface area contributed by atoms with Crippen molar-refractivity contribution in [1.82, 2.24) is 4.90 Å². The van der Waals surface area contributed by atoms with Crippen molar-refractivity contribution in [3.63, 3.8) is 0 Å². The quantitative estimate of drug-likeness (QED) is 0.753. The molecule has 0 aromatic heterocycles. The van der Waals surface area contributed by atoms with E-state index in [1.54, 1.807) is 0 Å². The molecular weight excluding hydrogens is 250 g/mol. The van der Waals surface area contributed by atoms with Gasteiger partial charge in [-0.15, -0.1) is 0 Å². The van der Waals surface area contributed by atoms with E-state index < -0.39 is 0 Å². The maximum absolute atomic E-state index is 12.2. The molecule has 1 saturated carbocycles. The Morgan fingerprint density at radius 2 is 1.80 bits per heavy atom. The minimum Gasteiger partial charge on any atom is -0.446 e. The minimum atomic E-state index is -0.0557. The van der Waals surface area contributed by atoms with Gasteiger partial charge >= 0.3 is 6.09 Å². The zero-order valence-corrected chi connectivity index (χ0v) is 13.3. The minimum absolute atomic E-state index is 0.0557. The van der Waals surface area contributed by atoms with Crippen molar-refractivity contribution in [2.45, 2.75) is 77.7 Å². The predicted octanol–water partition coefficient (Wildman–Crippen LogP) is 4.60. The fourth-order valence-electron chi connectivity index (χ4n) is 3.97. The van der Waals surface area contributed by atoms with Gasteiger partial charge in [0, 0.05) is 13.1 Å². The van der Waals surface area contributed by atoms with Crippen molar-refractivity contribution in [2.24, 2.45) is 11.8 Å². The lowest BCUT2D eigenvalue weighted by atomic mass is 9.76. The van der Waals surface area contributed by atoms with Gasteiger partial charge in [-0.05, 0) is 56.8 Å². The summed E-state index contributed by atoms with van der Waals surface area (Å²) in [5.74, 6) is 1.57. The lowest BCUT2D eigenvalue weighted by molar-refractivity contribution is 0.0216. The Kier molecular flexibility index (Phi) is 6.18. The molecule has 20 heavy (non-hydrogen) atoms. The van der Waals surface area contributed by atoms with Crippen LogP contribution < -0.4 is 0 Å². The summed E-state index contributed by atoms with van der Waals surface area (Å²) >= 11 is 0. The topological polar surface area (TPSA) is 29.5 Å². The van der Waals surface area contributed by atoms with E-state index in [0.29, 0.717) is 0 Å². The maximum Gasteiger partial charge on any atom is 0.410 e. The Morgan fingerprint density at radius 1 is 1.10 bits per heavy atom. The maximum atomic E-state index is 12.2. The average molecular weight is 281 g/mol. The van der Waals surface area contributed by atoms with Crippen LogP contribution in [0.5, 0.6) is 0 Å². The van der Waals surface area contributed by atoms with Gasteiger partial charge in [0.15, 0.2) is 0 Å². The number of carbonyl (C=O) groups excluding carboxylic acids is 1. The largest absolute Gasteiger partial charge is 0.446 e. The lowest BCUT2D eigenvalue weighted by Gasteiger charge is -2.35. The van der Waals surface area contributed by atoms with E-state index in [1.807, 2.05) is 4.90 Å². The summed E-state index contributed by atoms with van der Waals surface area (Å²) in [6.07, 6.45) is 10.9. The summed E-state index contributed by atoms with van der Waals surface area (Å²) in [6.45, 7) is 6.36. The molecule has 2 aliphatic rings. The van der Waals surface area contributed by atoms with E-state index in [2.05, 4.69) is 13.8 Å². The summed E-state index contributed by atoms with van der Waals surface area (Å²) < 4.78 is 5.79. The zero-order chi connectivity index (χ0) is 14.4. The van der Waals surface area contributed by atoms with E-state index in [-0.39, 0.29) is 12.2 Å². The second kappa shape index (κ2) is 7.90. The van der Waals surface area contributed by atoms with Gasteiger partial charge in [0.1, 0.15) is 6.10 Å². The van der Waals surface area contributed by atoms with Gasteiger partial charge in [-0.3, -0.25) is 0 Å². The van der Waals surface area contributed by atoms with Crippen LogP contribution in [0.4, 0.5) is 4.79 Å². The third-order valence-electron chi connectivity index (χ3n) is 5.26. The van der Waals surface area contributed by atoms with Crippen LogP contribution >= 0.6 is 0 Å². The van der Waals surface area contributed by atoms with Gasteiger partial charge in [0.05, 0.1) is 0 Å². The monoisotopic (exact) mass is 281 g/mol. The Balaban J connectivity index is 1.81. The van der Waals surface area contributed by atoms with Gasteiger partial charge in [0.2, 0.25) is 0 Å². The van der Waals surface area contributed by atoms with Crippen LogP contribution in [0.15, 0.2) is 0 Å². The van der Waals surface area contributed by atoms with Gasteiger partial charge in [-0.25, -0.2) is 4.79 Å². The van der Waals surface area contributed by atoms with E-state index in [9.17, 15) is 4.79 Å². The first-order chi connectivity index (χ1) is 9.74. The Bertz CT molecular complexity index is 295. The van der Waals surface area contributed by atoms with Crippen LogP contribution in [-0.2, 0) is 4.74 Å². The van der Waals surface area contributed by atoms with Gasteiger partial charge in [-0.1, -0.05) is 26.7 Å². The lowest BCUT2D eigenvalue weighted by Crippen LogP contribution is -2.39. The number of piperidine rings is 1. The number of nitrogens with zero attached hydrogens (tertiary/aromatic N) is 1. The summed E-state index contributed by atoms with van der Waals surface area (Å²) in [5.41, 5.74) is 0. The highest BCUT2D eigenvalue weighted by Crippen LogP contribution is 2.35. The fraction of sp³-hybridized carbons (Fsp3) is 0.941. The van der Waals surface area contributed by atoms with Gasteiger partial charge in [-0.2, -0.15) is 0 Å². The van der Waals surface area contributed by atoms with Crippen LogP contribution in [0.2, 0.25) is 0 Å². The highest BCUT2D eigenvalue weighted by atomic mass is 16.6. The third kappa shape index (κ3) is 4.13. The Hall–Kier alpha value is -0.730. The molecule has 1 saturated heterocycles. The molecule has 2 rings (SSSR count). The molecule has 0 aromatic rings. The fourth-order valence-corrected chi connectivity index (χ4v) is 3.97. The summed E-state index contributed by atoms with van der Waals surface area (Å²) in [7, 11) is 0. The van der Waals surface area contributed by atoms with Crippen molar-refractivity contribution in [1.29, 1.82) is 0 Å². The Morgan fingerprint density at radius 3 is 2.45 bits per heavy atom. The van der Waals surface area contributed by atoms with Crippen molar-refractivity contribution in [2.75, 3.05) is 13.1 Å². The highest BCUT2D eigenvalue weighted by molar-refractivity contribution is 5.67. The molecule has 1 aliphatic heterocycles. The van der Waals surface area contributed by atoms with Crippen molar-refractivity contribution < 1.29 is 9.53 Å². The standard InChI is InChI=1S/C17H31NO2/c1-3-14(4-2)15-9-8-10-16(13-15)20-17(19)18-11-6-5-7-12-18/h14-16H,3-13H2,1-2H3. The molecular formula is C17H31NO2. The molecule has 0 spiro atoms. The molecule has 0 N–H and O–H groups in total.